The topological polar surface area (TPSA) is 109 Å². The fourth-order valence-corrected chi connectivity index (χ4v) is 3.66. The van der Waals surface area contributed by atoms with Crippen LogP contribution in [-0.4, -0.2) is 50.0 Å². The van der Waals surface area contributed by atoms with Crippen molar-refractivity contribution in [3.05, 3.63) is 45.8 Å². The lowest BCUT2D eigenvalue weighted by molar-refractivity contribution is -0.118. The van der Waals surface area contributed by atoms with Gasteiger partial charge in [-0.2, -0.15) is 5.26 Å². The van der Waals surface area contributed by atoms with Crippen LogP contribution in [0.15, 0.2) is 24.3 Å². The van der Waals surface area contributed by atoms with Gasteiger partial charge in [0.05, 0.1) is 28.7 Å². The van der Waals surface area contributed by atoms with E-state index in [4.69, 9.17) is 14.7 Å². The van der Waals surface area contributed by atoms with E-state index in [1.54, 1.807) is 46.1 Å². The number of hydrogen-bond donors (Lipinski definition) is 1. The van der Waals surface area contributed by atoms with Crippen molar-refractivity contribution in [2.75, 3.05) is 32.6 Å². The Labute approximate surface area is 172 Å². The molecule has 0 radical (unpaired) electrons. The summed E-state index contributed by atoms with van der Waals surface area (Å²) in [6.07, 6.45) is 0. The maximum absolute atomic E-state index is 12.4. The summed E-state index contributed by atoms with van der Waals surface area (Å²) >= 11 is 1.01. The van der Waals surface area contributed by atoms with E-state index in [0.29, 0.717) is 21.8 Å². The molecule has 1 aromatic carbocycles. The summed E-state index contributed by atoms with van der Waals surface area (Å²) < 4.78 is 10.5. The Balaban J connectivity index is 2.22. The molecule has 0 aliphatic heterocycles. The minimum Gasteiger partial charge on any atom is -0.484 e. The Bertz CT molecular complexity index is 975. The number of amides is 2. The van der Waals surface area contributed by atoms with Gasteiger partial charge in [-0.25, -0.2) is 4.79 Å². The minimum atomic E-state index is -0.614. The Hall–Kier alpha value is -3.38. The molecule has 0 bridgehead atoms. The maximum Gasteiger partial charge on any atom is 0.341 e. The molecule has 152 valence electrons. The number of esters is 1. The van der Waals surface area contributed by atoms with E-state index in [1.165, 1.54) is 11.0 Å². The van der Waals surface area contributed by atoms with Gasteiger partial charge in [0.1, 0.15) is 10.8 Å². The largest absolute Gasteiger partial charge is 0.484 e. The normalized spacial score (nSPS) is 10.0. The Kier molecular flexibility index (Phi) is 7.33. The second kappa shape index (κ2) is 9.71. The van der Waals surface area contributed by atoms with Crippen molar-refractivity contribution in [3.63, 3.8) is 0 Å². The number of carbonyl (C=O) groups excluding carboxylic acids is 3. The molecule has 2 amide bonds. The summed E-state index contributed by atoms with van der Waals surface area (Å²) in [6, 6.07) is 8.40. The number of benzene rings is 1. The van der Waals surface area contributed by atoms with Gasteiger partial charge in [0.15, 0.2) is 6.61 Å². The Morgan fingerprint density at radius 1 is 1.28 bits per heavy atom. The van der Waals surface area contributed by atoms with Crippen LogP contribution >= 0.6 is 11.3 Å². The quantitative estimate of drug-likeness (QED) is 0.697. The third kappa shape index (κ3) is 5.33. The second-order valence-corrected chi connectivity index (χ2v) is 7.18. The van der Waals surface area contributed by atoms with Crippen molar-refractivity contribution < 1.29 is 23.9 Å². The molecule has 2 aromatic rings. The average molecular weight is 415 g/mol. The SMILES string of the molecule is CCOC(=O)c1c(NC(=O)COc2cccc(C#N)c2)sc(C(=O)N(C)C)c1C. The van der Waals surface area contributed by atoms with Gasteiger partial charge in [-0.1, -0.05) is 6.07 Å². The van der Waals surface area contributed by atoms with Crippen molar-refractivity contribution in [3.8, 4) is 11.8 Å². The van der Waals surface area contributed by atoms with Crippen LogP contribution in [0.1, 0.15) is 38.1 Å². The predicted octanol–water partition coefficient (Wildman–Crippen LogP) is 2.82. The molecule has 8 nitrogen and oxygen atoms in total. The zero-order valence-electron chi connectivity index (χ0n) is 16.6. The lowest BCUT2D eigenvalue weighted by atomic mass is 10.1. The minimum absolute atomic E-state index is 0.155. The highest BCUT2D eigenvalue weighted by Gasteiger charge is 2.27. The Morgan fingerprint density at radius 2 is 2.00 bits per heavy atom. The van der Waals surface area contributed by atoms with Gasteiger partial charge in [0, 0.05) is 14.1 Å². The number of nitrogens with one attached hydrogen (secondary N) is 1. The lowest BCUT2D eigenvalue weighted by Gasteiger charge is -2.09. The van der Waals surface area contributed by atoms with Crippen molar-refractivity contribution in [2.24, 2.45) is 0 Å². The molecule has 0 spiro atoms. The molecule has 0 saturated carbocycles. The van der Waals surface area contributed by atoms with Crippen LogP contribution in [0.3, 0.4) is 0 Å². The molecule has 0 unspecified atom stereocenters. The maximum atomic E-state index is 12.4. The van der Waals surface area contributed by atoms with Gasteiger partial charge in [0.2, 0.25) is 0 Å². The average Bonchev–Trinajstić information content (AvgIpc) is 3.01. The zero-order valence-corrected chi connectivity index (χ0v) is 17.4. The van der Waals surface area contributed by atoms with Crippen LogP contribution in [0.4, 0.5) is 5.00 Å². The van der Waals surface area contributed by atoms with E-state index < -0.39 is 11.9 Å². The second-order valence-electron chi connectivity index (χ2n) is 6.16. The summed E-state index contributed by atoms with van der Waals surface area (Å²) in [7, 11) is 3.21. The number of thiophene rings is 1. The van der Waals surface area contributed by atoms with Gasteiger partial charge in [-0.05, 0) is 37.6 Å². The first-order valence-corrected chi connectivity index (χ1v) is 9.55. The van der Waals surface area contributed by atoms with Crippen LogP contribution in [0.5, 0.6) is 5.75 Å². The van der Waals surface area contributed by atoms with E-state index in [2.05, 4.69) is 5.32 Å². The number of nitrogens with zero attached hydrogens (tertiary/aromatic N) is 2. The van der Waals surface area contributed by atoms with E-state index in [1.807, 2.05) is 6.07 Å². The van der Waals surface area contributed by atoms with E-state index >= 15 is 0 Å². The predicted molar refractivity (Wildman–Crippen MR) is 108 cm³/mol. The number of carbonyl (C=O) groups is 3. The first-order chi connectivity index (χ1) is 13.8. The first kappa shape index (κ1) is 21.9. The summed E-state index contributed by atoms with van der Waals surface area (Å²) in [4.78, 5) is 38.9. The molecule has 0 aliphatic carbocycles. The highest BCUT2D eigenvalue weighted by Crippen LogP contribution is 2.34. The van der Waals surface area contributed by atoms with Crippen LogP contribution in [0, 0.1) is 18.3 Å². The van der Waals surface area contributed by atoms with Gasteiger partial charge in [-0.3, -0.25) is 9.59 Å². The van der Waals surface area contributed by atoms with Crippen molar-refractivity contribution >= 4 is 34.1 Å². The molecular weight excluding hydrogens is 394 g/mol. The third-order valence-electron chi connectivity index (χ3n) is 3.81. The van der Waals surface area contributed by atoms with Crippen LogP contribution in [0.25, 0.3) is 0 Å². The van der Waals surface area contributed by atoms with Gasteiger partial charge >= 0.3 is 5.97 Å². The number of rotatable bonds is 7. The van der Waals surface area contributed by atoms with E-state index in [-0.39, 0.29) is 29.7 Å². The van der Waals surface area contributed by atoms with Crippen LogP contribution in [0.2, 0.25) is 0 Å². The summed E-state index contributed by atoms with van der Waals surface area (Å²) in [6.45, 7) is 3.15. The van der Waals surface area contributed by atoms with Crippen LogP contribution in [-0.2, 0) is 9.53 Å². The highest BCUT2D eigenvalue weighted by atomic mass is 32.1. The molecular formula is C20H21N3O5S. The fourth-order valence-electron chi connectivity index (χ4n) is 2.42. The standard InChI is InChI=1S/C20H21N3O5S/c1-5-27-20(26)16-12(2)17(19(25)23(3)4)29-18(16)22-15(24)11-28-14-8-6-7-13(9-14)10-21/h6-9H,5,11H2,1-4H3,(H,22,24). The molecule has 0 fully saturated rings. The molecule has 0 atom stereocenters. The van der Waals surface area contributed by atoms with Crippen LogP contribution < -0.4 is 10.1 Å². The zero-order chi connectivity index (χ0) is 21.6. The van der Waals surface area contributed by atoms with Gasteiger partial charge in [0.25, 0.3) is 11.8 Å². The van der Waals surface area contributed by atoms with Gasteiger partial charge < -0.3 is 19.7 Å². The summed E-state index contributed by atoms with van der Waals surface area (Å²) in [5.74, 6) is -1.03. The van der Waals surface area contributed by atoms with E-state index in [0.717, 1.165) is 11.3 Å². The lowest BCUT2D eigenvalue weighted by Crippen LogP contribution is -2.21. The molecule has 29 heavy (non-hydrogen) atoms. The molecule has 0 saturated heterocycles. The molecule has 9 heteroatoms. The molecule has 0 aliphatic rings. The van der Waals surface area contributed by atoms with Crippen molar-refractivity contribution in [2.45, 2.75) is 13.8 Å². The van der Waals surface area contributed by atoms with Gasteiger partial charge in [-0.15, -0.1) is 11.3 Å². The smallest absolute Gasteiger partial charge is 0.341 e. The van der Waals surface area contributed by atoms with Crippen molar-refractivity contribution in [1.29, 1.82) is 5.26 Å². The monoisotopic (exact) mass is 415 g/mol. The first-order valence-electron chi connectivity index (χ1n) is 8.73. The fraction of sp³-hybridized carbons (Fsp3) is 0.300. The number of nitriles is 1. The summed E-state index contributed by atoms with van der Waals surface area (Å²) in [5, 5.41) is 11.8. The van der Waals surface area contributed by atoms with E-state index in [9.17, 15) is 14.4 Å². The van der Waals surface area contributed by atoms with Crippen molar-refractivity contribution in [1.82, 2.24) is 4.90 Å². The summed E-state index contributed by atoms with van der Waals surface area (Å²) in [5.41, 5.74) is 1.01. The number of anilines is 1. The Morgan fingerprint density at radius 3 is 2.62 bits per heavy atom. The number of ether oxygens (including phenoxy) is 2. The molecule has 1 N–H and O–H groups in total. The molecule has 1 heterocycles. The molecule has 1 aromatic heterocycles. The highest BCUT2D eigenvalue weighted by molar-refractivity contribution is 7.18. The third-order valence-corrected chi connectivity index (χ3v) is 5.01. The molecule has 2 rings (SSSR count). The number of hydrogen-bond acceptors (Lipinski definition) is 7.